The summed E-state index contributed by atoms with van der Waals surface area (Å²) in [5, 5.41) is 22.4. The van der Waals surface area contributed by atoms with Gasteiger partial charge in [-0.25, -0.2) is 20.4 Å². The van der Waals surface area contributed by atoms with Crippen LogP contribution >= 0.6 is 23.2 Å². The Morgan fingerprint density at radius 2 is 0.962 bits per heavy atom. The zero-order chi connectivity index (χ0) is 37.6. The van der Waals surface area contributed by atoms with Gasteiger partial charge in [0.1, 0.15) is 11.4 Å². The molecule has 0 aliphatic rings. The third-order valence-corrected chi connectivity index (χ3v) is 7.77. The van der Waals surface area contributed by atoms with Crippen LogP contribution in [-0.2, 0) is 28.7 Å². The van der Waals surface area contributed by atoms with Crippen molar-refractivity contribution >= 4 is 81.1 Å². The van der Waals surface area contributed by atoms with Crippen molar-refractivity contribution in [1.29, 1.82) is 10.8 Å². The monoisotopic (exact) mass is 746 g/mol. The summed E-state index contributed by atoms with van der Waals surface area (Å²) in [4.78, 5) is 50.8. The summed E-state index contributed by atoms with van der Waals surface area (Å²) in [6, 6.07) is 24.3. The number of para-hydroxylation sites is 2. The van der Waals surface area contributed by atoms with Crippen LogP contribution in [0.3, 0.4) is 0 Å². The highest BCUT2D eigenvalue weighted by atomic mass is 35.5. The largest absolute Gasteiger partial charge is 0.461 e. The van der Waals surface area contributed by atoms with Gasteiger partial charge in [0, 0.05) is 11.4 Å². The molecule has 4 rings (SSSR count). The van der Waals surface area contributed by atoms with Crippen molar-refractivity contribution in [2.24, 2.45) is 0 Å². The lowest BCUT2D eigenvalue weighted by molar-refractivity contribution is -0.136. The smallest absolute Gasteiger partial charge is 0.354 e. The molecule has 2 amide bonds. The van der Waals surface area contributed by atoms with Gasteiger partial charge >= 0.3 is 11.9 Å². The molecule has 14 nitrogen and oxygen atoms in total. The Balaban J connectivity index is 1.46. The second-order valence-corrected chi connectivity index (χ2v) is 11.6. The molecule has 4 aromatic carbocycles. The summed E-state index contributed by atoms with van der Waals surface area (Å²) in [6.45, 7) is 3.24. The SMILES string of the molecule is CCOC(=O)C(=N)C(NNc1ccc(-c2ccc(NNC(C(=N)C(=O)OCC)C(=O)Nc3ccccc3)c(Cl)c2)cc1Cl)C(=O)Nc1ccccc1. The maximum atomic E-state index is 13.1. The number of anilines is 4. The zero-order valence-corrected chi connectivity index (χ0v) is 29.5. The Bertz CT molecular complexity index is 1790. The number of nitrogens with one attached hydrogen (secondary N) is 8. The predicted octanol–water partition coefficient (Wildman–Crippen LogP) is 5.67. The first-order chi connectivity index (χ1) is 25.0. The molecule has 8 N–H and O–H groups in total. The normalized spacial score (nSPS) is 11.7. The molecule has 0 heterocycles. The van der Waals surface area contributed by atoms with E-state index >= 15 is 0 Å². The molecule has 0 spiro atoms. The lowest BCUT2D eigenvalue weighted by Crippen LogP contribution is -2.51. The fourth-order valence-electron chi connectivity index (χ4n) is 4.55. The van der Waals surface area contributed by atoms with Gasteiger partial charge in [0.2, 0.25) is 11.8 Å². The fourth-order valence-corrected chi connectivity index (χ4v) is 5.01. The predicted molar refractivity (Wildman–Crippen MR) is 202 cm³/mol. The van der Waals surface area contributed by atoms with Crippen molar-refractivity contribution in [3.63, 3.8) is 0 Å². The lowest BCUT2D eigenvalue weighted by Gasteiger charge is -2.21. The summed E-state index contributed by atoms with van der Waals surface area (Å²) >= 11 is 13.2. The fraction of sp³-hybridized carbons (Fsp3) is 0.167. The molecular weight excluding hydrogens is 711 g/mol. The first-order valence-corrected chi connectivity index (χ1v) is 16.6. The van der Waals surface area contributed by atoms with Gasteiger partial charge in [0.05, 0.1) is 34.6 Å². The molecule has 0 aliphatic carbocycles. The van der Waals surface area contributed by atoms with Crippen LogP contribution in [0.1, 0.15) is 13.8 Å². The Hall–Kier alpha value is -5.80. The van der Waals surface area contributed by atoms with Gasteiger partial charge in [0.25, 0.3) is 0 Å². The third-order valence-electron chi connectivity index (χ3n) is 7.15. The standard InChI is InChI=1S/C36H36Cl2N8O6/c1-3-51-35(49)29(39)31(33(47)41-23-11-7-5-8-12-23)45-43-27-17-15-21(19-25(27)37)22-16-18-28(26(38)20-22)44-46-32(30(40)36(50)52-4-2)34(48)42-24-13-9-6-10-14-24/h5-20,31-32,39-40,43-46H,3-4H2,1-2H3,(H,41,47)(H,42,48). The van der Waals surface area contributed by atoms with Crippen molar-refractivity contribution in [2.45, 2.75) is 25.9 Å². The number of esters is 2. The highest BCUT2D eigenvalue weighted by Crippen LogP contribution is 2.32. The zero-order valence-electron chi connectivity index (χ0n) is 28.0. The van der Waals surface area contributed by atoms with Crippen molar-refractivity contribution in [2.75, 3.05) is 34.7 Å². The molecule has 2 atom stereocenters. The Morgan fingerprint density at radius 1 is 0.596 bits per heavy atom. The van der Waals surface area contributed by atoms with Crippen LogP contribution in [0.4, 0.5) is 22.7 Å². The first kappa shape index (κ1) is 39.0. The molecule has 0 aliphatic heterocycles. The second kappa shape index (κ2) is 19.0. The van der Waals surface area contributed by atoms with Crippen LogP contribution in [0.5, 0.6) is 0 Å². The van der Waals surface area contributed by atoms with E-state index in [4.69, 9.17) is 43.5 Å². The molecule has 0 radical (unpaired) electrons. The quantitative estimate of drug-likeness (QED) is 0.0377. The Morgan fingerprint density at radius 3 is 1.29 bits per heavy atom. The lowest BCUT2D eigenvalue weighted by atomic mass is 10.0. The second-order valence-electron chi connectivity index (χ2n) is 10.8. The van der Waals surface area contributed by atoms with Gasteiger partial charge in [-0.15, -0.1) is 0 Å². The topological polar surface area (TPSA) is 207 Å². The molecule has 16 heteroatoms. The van der Waals surface area contributed by atoms with E-state index in [1.165, 1.54) is 0 Å². The third kappa shape index (κ3) is 10.6. The number of ether oxygens (including phenoxy) is 2. The molecule has 4 aromatic rings. The van der Waals surface area contributed by atoms with E-state index in [0.29, 0.717) is 33.9 Å². The minimum absolute atomic E-state index is 0.0269. The van der Waals surface area contributed by atoms with E-state index in [9.17, 15) is 19.2 Å². The van der Waals surface area contributed by atoms with Gasteiger partial charge < -0.3 is 31.0 Å². The minimum Gasteiger partial charge on any atom is -0.461 e. The highest BCUT2D eigenvalue weighted by Gasteiger charge is 2.31. The van der Waals surface area contributed by atoms with Gasteiger partial charge in [-0.3, -0.25) is 20.4 Å². The number of halogens is 2. The summed E-state index contributed by atoms with van der Waals surface area (Å²) in [6.07, 6.45) is 0. The van der Waals surface area contributed by atoms with Crippen molar-refractivity contribution in [1.82, 2.24) is 10.9 Å². The number of carbonyl (C=O) groups is 4. The number of benzene rings is 4. The van der Waals surface area contributed by atoms with Crippen LogP contribution in [0.25, 0.3) is 11.1 Å². The molecule has 0 fully saturated rings. The first-order valence-electron chi connectivity index (χ1n) is 15.9. The van der Waals surface area contributed by atoms with Crippen LogP contribution in [-0.4, -0.2) is 60.5 Å². The summed E-state index contributed by atoms with van der Waals surface area (Å²) in [5.41, 5.74) is 12.8. The average Bonchev–Trinajstić information content (AvgIpc) is 3.13. The average molecular weight is 748 g/mol. The van der Waals surface area contributed by atoms with E-state index < -0.39 is 47.3 Å². The van der Waals surface area contributed by atoms with Crippen molar-refractivity contribution in [3.8, 4) is 11.1 Å². The number of rotatable bonds is 17. The number of hydrogen-bond donors (Lipinski definition) is 8. The summed E-state index contributed by atoms with van der Waals surface area (Å²) in [5.74, 6) is -3.27. The van der Waals surface area contributed by atoms with Crippen LogP contribution in [0, 0.1) is 10.8 Å². The molecule has 270 valence electrons. The molecule has 0 saturated heterocycles. The molecule has 2 unspecified atom stereocenters. The molecule has 52 heavy (non-hydrogen) atoms. The maximum Gasteiger partial charge on any atom is 0.354 e. The van der Waals surface area contributed by atoms with Crippen LogP contribution < -0.4 is 32.3 Å². The van der Waals surface area contributed by atoms with Crippen LogP contribution in [0.2, 0.25) is 10.0 Å². The van der Waals surface area contributed by atoms with E-state index in [-0.39, 0.29) is 23.3 Å². The minimum atomic E-state index is -1.44. The van der Waals surface area contributed by atoms with E-state index in [0.717, 1.165) is 0 Å². The van der Waals surface area contributed by atoms with Crippen molar-refractivity contribution in [3.05, 3.63) is 107 Å². The number of amides is 2. The highest BCUT2D eigenvalue weighted by molar-refractivity contribution is 6.43. The molecule has 0 bridgehead atoms. The summed E-state index contributed by atoms with van der Waals surface area (Å²) < 4.78 is 9.86. The number of carbonyl (C=O) groups excluding carboxylic acids is 4. The molecule has 0 saturated carbocycles. The molecular formula is C36H36Cl2N8O6. The number of hydrogen-bond acceptors (Lipinski definition) is 12. The summed E-state index contributed by atoms with van der Waals surface area (Å²) in [7, 11) is 0. The van der Waals surface area contributed by atoms with Crippen LogP contribution in [0.15, 0.2) is 97.1 Å². The van der Waals surface area contributed by atoms with E-state index in [1.807, 2.05) is 0 Å². The molecule has 0 aromatic heterocycles. The van der Waals surface area contributed by atoms with Crippen molar-refractivity contribution < 1.29 is 28.7 Å². The van der Waals surface area contributed by atoms with E-state index in [1.54, 1.807) is 111 Å². The van der Waals surface area contributed by atoms with E-state index in [2.05, 4.69) is 32.3 Å². The Kier molecular flexibility index (Phi) is 14.2. The van der Waals surface area contributed by atoms with Gasteiger partial charge in [-0.1, -0.05) is 71.7 Å². The van der Waals surface area contributed by atoms with Gasteiger partial charge in [-0.05, 0) is 73.5 Å². The number of hydrazine groups is 2. The van der Waals surface area contributed by atoms with Gasteiger partial charge in [0.15, 0.2) is 12.1 Å². The Labute approximate surface area is 309 Å². The maximum absolute atomic E-state index is 13.1. The van der Waals surface area contributed by atoms with Gasteiger partial charge in [-0.2, -0.15) is 0 Å².